The third-order valence-electron chi connectivity index (χ3n) is 4.92. The number of carbonyl (C=O) groups excluding carboxylic acids is 2. The summed E-state index contributed by atoms with van der Waals surface area (Å²) in [6.45, 7) is 8.99. The molecule has 0 amide bonds. The van der Waals surface area contributed by atoms with E-state index >= 15 is 0 Å². The zero-order valence-corrected chi connectivity index (χ0v) is 27.5. The topological polar surface area (TPSA) is 99.1 Å². The van der Waals surface area contributed by atoms with Crippen molar-refractivity contribution in [2.75, 3.05) is 17.6 Å². The maximum absolute atomic E-state index is 11.8. The highest BCUT2D eigenvalue weighted by Crippen LogP contribution is 2.22. The molecular weight excluding hydrogens is 743 g/mol. The molecule has 4 aromatic rings. The van der Waals surface area contributed by atoms with Crippen molar-refractivity contribution in [2.24, 2.45) is 0 Å². The second-order valence-corrected chi connectivity index (χ2v) is 11.0. The van der Waals surface area contributed by atoms with Crippen molar-refractivity contribution >= 4 is 66.4 Å². The smallest absolute Gasteiger partial charge is 0.374 e. The summed E-state index contributed by atoms with van der Waals surface area (Å²) < 4.78 is 14.9. The Bertz CT molecular complexity index is 1320. The number of imidazole rings is 2. The van der Waals surface area contributed by atoms with Gasteiger partial charge in [-0.15, -0.1) is 0 Å². The molecular formula is C28H31Br2IN4O4. The largest absolute Gasteiger partial charge is 0.460 e. The lowest BCUT2D eigenvalue weighted by Gasteiger charge is -2.02. The molecule has 0 radical (unpaired) electrons. The predicted octanol–water partition coefficient (Wildman–Crippen LogP) is 7.97. The van der Waals surface area contributed by atoms with E-state index < -0.39 is 5.97 Å². The molecule has 2 aromatic heterocycles. The van der Waals surface area contributed by atoms with Crippen LogP contribution in [0.25, 0.3) is 22.5 Å². The van der Waals surface area contributed by atoms with E-state index in [0.29, 0.717) is 25.6 Å². The second kappa shape index (κ2) is 17.2. The number of H-pyrrole nitrogens is 1. The van der Waals surface area contributed by atoms with Gasteiger partial charge in [0.05, 0.1) is 30.8 Å². The minimum Gasteiger partial charge on any atom is -0.460 e. The predicted molar refractivity (Wildman–Crippen MR) is 169 cm³/mol. The number of hydrogen-bond donors (Lipinski definition) is 1. The van der Waals surface area contributed by atoms with Crippen LogP contribution < -0.4 is 0 Å². The zero-order chi connectivity index (χ0) is 28.8. The lowest BCUT2D eigenvalue weighted by molar-refractivity contribution is 0.0500. The molecule has 0 aliphatic rings. The van der Waals surface area contributed by atoms with Gasteiger partial charge in [0.1, 0.15) is 0 Å². The number of esters is 2. The number of aromatic amines is 1. The van der Waals surface area contributed by atoms with Gasteiger partial charge in [0, 0.05) is 27.3 Å². The number of nitrogens with zero attached hydrogens (tertiary/aromatic N) is 3. The summed E-state index contributed by atoms with van der Waals surface area (Å²) in [5, 5.41) is 0. The monoisotopic (exact) mass is 772 g/mol. The number of nitrogens with one attached hydrogen (secondary N) is 1. The number of alkyl halides is 1. The first-order chi connectivity index (χ1) is 18.8. The van der Waals surface area contributed by atoms with Crippen molar-refractivity contribution in [1.82, 2.24) is 19.5 Å². The number of aromatic nitrogens is 4. The molecule has 0 spiro atoms. The van der Waals surface area contributed by atoms with Crippen LogP contribution in [-0.2, 0) is 16.0 Å². The Morgan fingerprint density at radius 3 is 1.90 bits per heavy atom. The number of rotatable bonds is 7. The Balaban J connectivity index is 0.000000250. The lowest BCUT2D eigenvalue weighted by atomic mass is 10.2. The summed E-state index contributed by atoms with van der Waals surface area (Å²) in [6.07, 6.45) is 3.49. The zero-order valence-electron chi connectivity index (χ0n) is 22.2. The molecule has 1 N–H and O–H groups in total. The van der Waals surface area contributed by atoms with Crippen LogP contribution >= 0.6 is 54.5 Å². The number of aryl methyl sites for hydroxylation is 1. The van der Waals surface area contributed by atoms with Crippen LogP contribution in [0.1, 0.15) is 48.9 Å². The molecule has 2 heterocycles. The van der Waals surface area contributed by atoms with Crippen LogP contribution in [0.4, 0.5) is 0 Å². The van der Waals surface area contributed by atoms with Crippen LogP contribution in [0.5, 0.6) is 0 Å². The minimum atomic E-state index is -0.434. The van der Waals surface area contributed by atoms with E-state index in [1.165, 1.54) is 4.43 Å². The molecule has 0 bridgehead atoms. The van der Waals surface area contributed by atoms with Gasteiger partial charge in [-0.2, -0.15) is 0 Å². The van der Waals surface area contributed by atoms with E-state index in [1.807, 2.05) is 61.7 Å². The summed E-state index contributed by atoms with van der Waals surface area (Å²) >= 11 is 9.05. The fraction of sp³-hybridized carbons (Fsp3) is 0.286. The Morgan fingerprint density at radius 2 is 1.38 bits per heavy atom. The molecule has 0 aliphatic carbocycles. The molecule has 0 saturated heterocycles. The SMILES string of the molecule is CCI.CCOC(=O)c1nc(-c2ccc(Br)cc2)cn1CC.CCOC(=O)c1ncc(-c2ccc(Br)cc2)[nH]1. The van der Waals surface area contributed by atoms with E-state index in [0.717, 1.165) is 31.5 Å². The van der Waals surface area contributed by atoms with E-state index in [4.69, 9.17) is 9.47 Å². The third kappa shape index (κ3) is 10.2. The van der Waals surface area contributed by atoms with Gasteiger partial charge < -0.3 is 19.0 Å². The van der Waals surface area contributed by atoms with Gasteiger partial charge in [-0.1, -0.05) is 85.6 Å². The third-order valence-corrected chi connectivity index (χ3v) is 5.97. The highest BCUT2D eigenvalue weighted by atomic mass is 127. The molecule has 39 heavy (non-hydrogen) atoms. The number of ether oxygens (including phenoxy) is 2. The lowest BCUT2D eigenvalue weighted by Crippen LogP contribution is -2.12. The second-order valence-electron chi connectivity index (χ2n) is 7.60. The summed E-state index contributed by atoms with van der Waals surface area (Å²) in [4.78, 5) is 34.5. The molecule has 0 unspecified atom stereocenters. The molecule has 2 aromatic carbocycles. The van der Waals surface area contributed by atoms with Gasteiger partial charge in [-0.3, -0.25) is 0 Å². The summed E-state index contributed by atoms with van der Waals surface area (Å²) in [7, 11) is 0. The average molecular weight is 774 g/mol. The average Bonchev–Trinajstić information content (AvgIpc) is 3.59. The highest BCUT2D eigenvalue weighted by Gasteiger charge is 2.17. The molecule has 11 heteroatoms. The Kier molecular flexibility index (Phi) is 14.5. The van der Waals surface area contributed by atoms with Crippen molar-refractivity contribution in [3.63, 3.8) is 0 Å². The van der Waals surface area contributed by atoms with Crippen molar-refractivity contribution in [3.05, 3.63) is 81.5 Å². The number of halogens is 3. The fourth-order valence-electron chi connectivity index (χ4n) is 3.18. The summed E-state index contributed by atoms with van der Waals surface area (Å²) in [5.74, 6) is -0.240. The molecule has 4 rings (SSSR count). The van der Waals surface area contributed by atoms with Gasteiger partial charge in [-0.25, -0.2) is 19.6 Å². The van der Waals surface area contributed by atoms with Crippen LogP contribution in [0.15, 0.2) is 69.9 Å². The van der Waals surface area contributed by atoms with Crippen molar-refractivity contribution < 1.29 is 19.1 Å². The van der Waals surface area contributed by atoms with Gasteiger partial charge >= 0.3 is 11.9 Å². The van der Waals surface area contributed by atoms with Crippen LogP contribution in [0, 0.1) is 0 Å². The standard InChI is InChI=1S/C14H15BrN2O2.C12H11BrN2O2.C2H5I/c1-3-17-9-12(10-5-7-11(15)8-6-10)16-13(17)14(18)19-4-2;1-2-17-12(16)11-14-7-10(15-11)8-3-5-9(13)6-4-8;1-2-3/h5-9H,3-4H2,1-2H3;3-7H,2H2,1H3,(H,14,15);2H2,1H3. The highest BCUT2D eigenvalue weighted by molar-refractivity contribution is 14.1. The van der Waals surface area contributed by atoms with E-state index in [2.05, 4.69) is 76.3 Å². The molecule has 208 valence electrons. The van der Waals surface area contributed by atoms with Crippen LogP contribution in [0.2, 0.25) is 0 Å². The first-order valence-electron chi connectivity index (χ1n) is 12.3. The maximum atomic E-state index is 11.8. The Labute approximate surface area is 259 Å². The van der Waals surface area contributed by atoms with Crippen LogP contribution in [0.3, 0.4) is 0 Å². The van der Waals surface area contributed by atoms with Crippen molar-refractivity contribution in [1.29, 1.82) is 0 Å². The maximum Gasteiger partial charge on any atom is 0.374 e. The minimum absolute atomic E-state index is 0.227. The Hall–Kier alpha value is -2.51. The van der Waals surface area contributed by atoms with Gasteiger partial charge in [0.15, 0.2) is 0 Å². The van der Waals surface area contributed by atoms with E-state index in [1.54, 1.807) is 24.6 Å². The van der Waals surface area contributed by atoms with Crippen LogP contribution in [-0.4, -0.2) is 49.1 Å². The van der Waals surface area contributed by atoms with Gasteiger partial charge in [0.25, 0.3) is 0 Å². The molecule has 0 aliphatic heterocycles. The summed E-state index contributed by atoms with van der Waals surface area (Å²) in [5.41, 5.74) is 3.51. The molecule has 0 atom stereocenters. The molecule has 0 fully saturated rings. The first-order valence-corrected chi connectivity index (χ1v) is 15.4. The Morgan fingerprint density at radius 1 is 0.872 bits per heavy atom. The molecule has 8 nitrogen and oxygen atoms in total. The number of benzene rings is 2. The van der Waals surface area contributed by atoms with Gasteiger partial charge in [0.2, 0.25) is 11.6 Å². The van der Waals surface area contributed by atoms with E-state index in [-0.39, 0.29) is 11.8 Å². The van der Waals surface area contributed by atoms with Crippen molar-refractivity contribution in [3.8, 4) is 22.5 Å². The quantitative estimate of drug-likeness (QED) is 0.116. The first kappa shape index (κ1) is 32.7. The molecule has 0 saturated carbocycles. The van der Waals surface area contributed by atoms with Crippen molar-refractivity contribution in [2.45, 2.75) is 34.2 Å². The summed E-state index contributed by atoms with van der Waals surface area (Å²) in [6, 6.07) is 15.6. The fourth-order valence-corrected chi connectivity index (χ4v) is 3.70. The van der Waals surface area contributed by atoms with E-state index in [9.17, 15) is 9.59 Å². The number of hydrogen-bond acceptors (Lipinski definition) is 6. The normalized spacial score (nSPS) is 10.0. The number of carbonyl (C=O) groups is 2. The van der Waals surface area contributed by atoms with Gasteiger partial charge in [-0.05, 0) is 55.0 Å².